The second kappa shape index (κ2) is 7.53. The normalized spacial score (nSPS) is 21.6. The number of aryl methyl sites for hydroxylation is 1. The minimum Gasteiger partial charge on any atom is -0.368 e. The quantitative estimate of drug-likeness (QED) is 0.895. The van der Waals surface area contributed by atoms with Gasteiger partial charge in [-0.15, -0.1) is 12.4 Å². The van der Waals surface area contributed by atoms with Gasteiger partial charge in [0.25, 0.3) is 0 Å². The standard InChI is InChI=1S/C16H22ClN3O.ClH/c1-12-4-5-13(17)11-15(12)19-7-9-20(10-8-19)16(21)14-3-2-6-18-14;/h4-5,11,14,18H,2-3,6-10H2,1H3;1H. The SMILES string of the molecule is Cc1ccc(Cl)cc1N1CCN(C(=O)C2CCCN2)CC1.Cl. The van der Waals surface area contributed by atoms with Crippen LogP contribution in [0.15, 0.2) is 18.2 Å². The van der Waals surface area contributed by atoms with Crippen molar-refractivity contribution in [2.45, 2.75) is 25.8 Å². The fourth-order valence-electron chi connectivity index (χ4n) is 3.21. The predicted molar refractivity (Wildman–Crippen MR) is 93.3 cm³/mol. The second-order valence-corrected chi connectivity index (χ2v) is 6.33. The lowest BCUT2D eigenvalue weighted by Gasteiger charge is -2.37. The second-order valence-electron chi connectivity index (χ2n) is 5.89. The fourth-order valence-corrected chi connectivity index (χ4v) is 3.37. The summed E-state index contributed by atoms with van der Waals surface area (Å²) in [5, 5.41) is 4.06. The molecule has 1 atom stereocenters. The van der Waals surface area contributed by atoms with E-state index in [1.165, 1.54) is 11.3 Å². The molecule has 1 aromatic carbocycles. The summed E-state index contributed by atoms with van der Waals surface area (Å²) in [6.45, 7) is 6.41. The van der Waals surface area contributed by atoms with Crippen LogP contribution in [0.3, 0.4) is 0 Å². The van der Waals surface area contributed by atoms with Gasteiger partial charge in [-0.1, -0.05) is 17.7 Å². The summed E-state index contributed by atoms with van der Waals surface area (Å²) in [7, 11) is 0. The van der Waals surface area contributed by atoms with Gasteiger partial charge in [-0.3, -0.25) is 4.79 Å². The third kappa shape index (κ3) is 3.67. The largest absolute Gasteiger partial charge is 0.368 e. The molecule has 6 heteroatoms. The van der Waals surface area contributed by atoms with E-state index in [4.69, 9.17) is 11.6 Å². The molecule has 22 heavy (non-hydrogen) atoms. The molecular weight excluding hydrogens is 321 g/mol. The van der Waals surface area contributed by atoms with Crippen molar-refractivity contribution in [2.24, 2.45) is 0 Å². The number of piperazine rings is 1. The number of hydrogen-bond acceptors (Lipinski definition) is 3. The van der Waals surface area contributed by atoms with E-state index in [9.17, 15) is 4.79 Å². The Balaban J connectivity index is 0.00000176. The Bertz CT molecular complexity index is 524. The van der Waals surface area contributed by atoms with Crippen molar-refractivity contribution in [1.29, 1.82) is 0 Å². The van der Waals surface area contributed by atoms with E-state index >= 15 is 0 Å². The van der Waals surface area contributed by atoms with E-state index in [0.717, 1.165) is 50.6 Å². The van der Waals surface area contributed by atoms with Crippen molar-refractivity contribution in [2.75, 3.05) is 37.6 Å². The van der Waals surface area contributed by atoms with Gasteiger partial charge in [-0.2, -0.15) is 0 Å². The maximum Gasteiger partial charge on any atom is 0.239 e. The number of nitrogens with one attached hydrogen (secondary N) is 1. The Labute approximate surface area is 143 Å². The molecule has 0 aliphatic carbocycles. The molecule has 3 rings (SSSR count). The molecule has 2 fully saturated rings. The van der Waals surface area contributed by atoms with Crippen molar-refractivity contribution >= 4 is 35.6 Å². The van der Waals surface area contributed by atoms with E-state index in [1.807, 2.05) is 17.0 Å². The number of hydrogen-bond donors (Lipinski definition) is 1. The van der Waals surface area contributed by atoms with Crippen molar-refractivity contribution in [3.8, 4) is 0 Å². The lowest BCUT2D eigenvalue weighted by molar-refractivity contribution is -0.133. The lowest BCUT2D eigenvalue weighted by atomic mass is 10.1. The zero-order valence-corrected chi connectivity index (χ0v) is 14.4. The van der Waals surface area contributed by atoms with Gasteiger partial charge in [0.15, 0.2) is 0 Å². The first-order valence-electron chi connectivity index (χ1n) is 7.68. The van der Waals surface area contributed by atoms with Gasteiger partial charge in [-0.25, -0.2) is 0 Å². The highest BCUT2D eigenvalue weighted by Crippen LogP contribution is 2.25. The summed E-state index contributed by atoms with van der Waals surface area (Å²) in [4.78, 5) is 16.7. The molecule has 0 bridgehead atoms. The number of amides is 1. The molecule has 1 amide bonds. The summed E-state index contributed by atoms with van der Waals surface area (Å²) < 4.78 is 0. The summed E-state index contributed by atoms with van der Waals surface area (Å²) in [5.74, 6) is 0.273. The maximum atomic E-state index is 12.4. The first-order valence-corrected chi connectivity index (χ1v) is 8.06. The number of anilines is 1. The Morgan fingerprint density at radius 3 is 2.64 bits per heavy atom. The molecule has 2 aliphatic heterocycles. The third-order valence-electron chi connectivity index (χ3n) is 4.46. The minimum atomic E-state index is 0. The molecule has 1 unspecified atom stereocenters. The Hall–Kier alpha value is -0.970. The number of nitrogens with zero attached hydrogens (tertiary/aromatic N) is 2. The zero-order valence-electron chi connectivity index (χ0n) is 12.8. The van der Waals surface area contributed by atoms with Gasteiger partial charge in [0.1, 0.15) is 0 Å². The summed E-state index contributed by atoms with van der Waals surface area (Å²) in [6.07, 6.45) is 2.09. The molecule has 4 nitrogen and oxygen atoms in total. The molecule has 0 aromatic heterocycles. The van der Waals surface area contributed by atoms with E-state index in [0.29, 0.717) is 0 Å². The monoisotopic (exact) mass is 343 g/mol. The molecule has 2 aliphatic rings. The molecule has 2 heterocycles. The average molecular weight is 344 g/mol. The molecule has 0 radical (unpaired) electrons. The van der Waals surface area contributed by atoms with Crippen LogP contribution in [0.1, 0.15) is 18.4 Å². The van der Waals surface area contributed by atoms with E-state index in [2.05, 4.69) is 23.2 Å². The third-order valence-corrected chi connectivity index (χ3v) is 4.70. The van der Waals surface area contributed by atoms with Gasteiger partial charge < -0.3 is 15.1 Å². The van der Waals surface area contributed by atoms with Crippen LogP contribution in [0.2, 0.25) is 5.02 Å². The number of carbonyl (C=O) groups is 1. The fraction of sp³-hybridized carbons (Fsp3) is 0.562. The predicted octanol–water partition coefficient (Wildman–Crippen LogP) is 2.47. The number of rotatable bonds is 2. The zero-order chi connectivity index (χ0) is 14.8. The Kier molecular flexibility index (Phi) is 5.95. The maximum absolute atomic E-state index is 12.4. The lowest BCUT2D eigenvalue weighted by Crippen LogP contribution is -2.53. The Morgan fingerprint density at radius 2 is 2.00 bits per heavy atom. The molecule has 1 N–H and O–H groups in total. The van der Waals surface area contributed by atoms with Gasteiger partial charge in [0.2, 0.25) is 5.91 Å². The van der Waals surface area contributed by atoms with E-state index in [-0.39, 0.29) is 24.4 Å². The van der Waals surface area contributed by atoms with Crippen LogP contribution in [0, 0.1) is 6.92 Å². The van der Waals surface area contributed by atoms with Crippen LogP contribution in [0.4, 0.5) is 5.69 Å². The Morgan fingerprint density at radius 1 is 1.27 bits per heavy atom. The molecule has 0 saturated carbocycles. The van der Waals surface area contributed by atoms with Crippen LogP contribution in [-0.4, -0.2) is 49.6 Å². The molecule has 2 saturated heterocycles. The van der Waals surface area contributed by atoms with Crippen LogP contribution in [0.25, 0.3) is 0 Å². The molecule has 1 aromatic rings. The van der Waals surface area contributed by atoms with Gasteiger partial charge in [0.05, 0.1) is 6.04 Å². The summed E-state index contributed by atoms with van der Waals surface area (Å²) in [6, 6.07) is 6.04. The van der Waals surface area contributed by atoms with Crippen molar-refractivity contribution < 1.29 is 4.79 Å². The molecule has 0 spiro atoms. The smallest absolute Gasteiger partial charge is 0.239 e. The highest BCUT2D eigenvalue weighted by Gasteiger charge is 2.29. The number of halogens is 2. The first kappa shape index (κ1) is 17.4. The summed E-state index contributed by atoms with van der Waals surface area (Å²) >= 11 is 6.10. The van der Waals surface area contributed by atoms with Gasteiger partial charge in [-0.05, 0) is 44.0 Å². The van der Waals surface area contributed by atoms with E-state index < -0.39 is 0 Å². The minimum absolute atomic E-state index is 0. The van der Waals surface area contributed by atoms with Crippen molar-refractivity contribution in [3.05, 3.63) is 28.8 Å². The summed E-state index contributed by atoms with van der Waals surface area (Å²) in [5.41, 5.74) is 2.42. The first-order chi connectivity index (χ1) is 10.1. The molecule has 122 valence electrons. The van der Waals surface area contributed by atoms with Crippen molar-refractivity contribution in [3.63, 3.8) is 0 Å². The number of carbonyl (C=O) groups excluding carboxylic acids is 1. The average Bonchev–Trinajstić information content (AvgIpc) is 3.03. The highest BCUT2D eigenvalue weighted by atomic mass is 35.5. The van der Waals surface area contributed by atoms with Gasteiger partial charge in [0, 0.05) is 36.9 Å². The number of benzene rings is 1. The van der Waals surface area contributed by atoms with Crippen LogP contribution in [-0.2, 0) is 4.79 Å². The van der Waals surface area contributed by atoms with E-state index in [1.54, 1.807) is 0 Å². The highest BCUT2D eigenvalue weighted by molar-refractivity contribution is 6.30. The van der Waals surface area contributed by atoms with Crippen LogP contribution < -0.4 is 10.2 Å². The van der Waals surface area contributed by atoms with Crippen molar-refractivity contribution in [1.82, 2.24) is 10.2 Å². The topological polar surface area (TPSA) is 35.6 Å². The van der Waals surface area contributed by atoms with Gasteiger partial charge >= 0.3 is 0 Å². The van der Waals surface area contributed by atoms with Crippen LogP contribution >= 0.6 is 24.0 Å². The van der Waals surface area contributed by atoms with Crippen LogP contribution in [0.5, 0.6) is 0 Å². The molecular formula is C16H23Cl2N3O.